The van der Waals surface area contributed by atoms with Crippen molar-refractivity contribution in [1.29, 1.82) is 0 Å². The zero-order valence-corrected chi connectivity index (χ0v) is 18.1. The third kappa shape index (κ3) is 4.45. The number of hydrogen-bond donors (Lipinski definition) is 1. The van der Waals surface area contributed by atoms with E-state index in [4.69, 9.17) is 9.72 Å². The van der Waals surface area contributed by atoms with Gasteiger partial charge >= 0.3 is 0 Å². The maximum atomic E-state index is 12.9. The number of carbonyl (C=O) groups is 1. The summed E-state index contributed by atoms with van der Waals surface area (Å²) in [4.78, 5) is 17.6. The number of aromatic nitrogens is 2. The van der Waals surface area contributed by atoms with Crippen molar-refractivity contribution in [3.05, 3.63) is 95.3 Å². The van der Waals surface area contributed by atoms with Gasteiger partial charge in [-0.1, -0.05) is 49.4 Å². The van der Waals surface area contributed by atoms with Crippen molar-refractivity contribution in [2.75, 3.05) is 7.11 Å². The third-order valence-corrected chi connectivity index (χ3v) is 5.59. The standard InChI is InChI=1S/C26H27N3O2/c1-4-23(20-10-6-5-7-11-20)28-26(30)21-13-14-25-24(16-21)27-18(2)29(25)17-19-9-8-12-22(15-19)31-3/h5-16,23H,4,17H2,1-3H3,(H,28,30). The molecule has 0 aliphatic heterocycles. The van der Waals surface area contributed by atoms with Gasteiger partial charge in [0, 0.05) is 12.1 Å². The largest absolute Gasteiger partial charge is 0.497 e. The molecule has 158 valence electrons. The predicted octanol–water partition coefficient (Wildman–Crippen LogP) is 5.28. The molecule has 3 aromatic carbocycles. The van der Waals surface area contributed by atoms with E-state index in [1.54, 1.807) is 7.11 Å². The van der Waals surface area contributed by atoms with Crippen LogP contribution in [0.25, 0.3) is 11.0 Å². The number of benzene rings is 3. The molecule has 0 spiro atoms. The highest BCUT2D eigenvalue weighted by Crippen LogP contribution is 2.22. The minimum absolute atomic E-state index is 0.0169. The average Bonchev–Trinajstić information content (AvgIpc) is 3.12. The number of amides is 1. The molecule has 0 fully saturated rings. The van der Waals surface area contributed by atoms with Crippen LogP contribution in [0.3, 0.4) is 0 Å². The van der Waals surface area contributed by atoms with E-state index in [1.165, 1.54) is 0 Å². The Morgan fingerprint density at radius 1 is 1.06 bits per heavy atom. The molecular weight excluding hydrogens is 386 g/mol. The number of nitrogens with one attached hydrogen (secondary N) is 1. The Balaban J connectivity index is 1.58. The van der Waals surface area contributed by atoms with Crippen molar-refractivity contribution >= 4 is 16.9 Å². The lowest BCUT2D eigenvalue weighted by molar-refractivity contribution is 0.0935. The average molecular weight is 414 g/mol. The van der Waals surface area contributed by atoms with Crippen molar-refractivity contribution in [3.63, 3.8) is 0 Å². The monoisotopic (exact) mass is 413 g/mol. The van der Waals surface area contributed by atoms with E-state index in [2.05, 4.69) is 22.9 Å². The van der Waals surface area contributed by atoms with E-state index in [0.29, 0.717) is 12.1 Å². The first-order valence-corrected chi connectivity index (χ1v) is 10.5. The van der Waals surface area contributed by atoms with Gasteiger partial charge in [-0.25, -0.2) is 4.98 Å². The number of methoxy groups -OCH3 is 1. The van der Waals surface area contributed by atoms with Gasteiger partial charge in [0.1, 0.15) is 11.6 Å². The summed E-state index contributed by atoms with van der Waals surface area (Å²) >= 11 is 0. The minimum atomic E-state index is -0.0856. The molecule has 4 rings (SSSR count). The van der Waals surface area contributed by atoms with Crippen LogP contribution in [0.1, 0.15) is 46.7 Å². The molecule has 31 heavy (non-hydrogen) atoms. The Labute approximate surface area is 182 Å². The second-order valence-corrected chi connectivity index (χ2v) is 7.65. The highest BCUT2D eigenvalue weighted by molar-refractivity contribution is 5.97. The van der Waals surface area contributed by atoms with Crippen molar-refractivity contribution in [2.45, 2.75) is 32.9 Å². The van der Waals surface area contributed by atoms with E-state index in [9.17, 15) is 4.79 Å². The Morgan fingerprint density at radius 3 is 2.61 bits per heavy atom. The lowest BCUT2D eigenvalue weighted by Gasteiger charge is -2.17. The summed E-state index contributed by atoms with van der Waals surface area (Å²) in [6.45, 7) is 4.75. The molecule has 1 aromatic heterocycles. The second kappa shape index (κ2) is 9.04. The molecule has 5 nitrogen and oxygen atoms in total. The Bertz CT molecular complexity index is 1200. The van der Waals surface area contributed by atoms with E-state index in [0.717, 1.165) is 40.2 Å². The lowest BCUT2D eigenvalue weighted by Crippen LogP contribution is -2.28. The number of rotatable bonds is 7. The summed E-state index contributed by atoms with van der Waals surface area (Å²) < 4.78 is 7.49. The molecule has 0 saturated heterocycles. The van der Waals surface area contributed by atoms with Crippen molar-refractivity contribution in [2.24, 2.45) is 0 Å². The van der Waals surface area contributed by atoms with Gasteiger partial charge in [0.2, 0.25) is 0 Å². The highest BCUT2D eigenvalue weighted by Gasteiger charge is 2.16. The van der Waals surface area contributed by atoms with E-state index < -0.39 is 0 Å². The van der Waals surface area contributed by atoms with Crippen LogP contribution in [-0.4, -0.2) is 22.6 Å². The Hall–Kier alpha value is -3.60. The maximum Gasteiger partial charge on any atom is 0.251 e. The molecule has 0 radical (unpaired) electrons. The quantitative estimate of drug-likeness (QED) is 0.448. The summed E-state index contributed by atoms with van der Waals surface area (Å²) in [5.41, 5.74) is 4.69. The van der Waals surface area contributed by atoms with Crippen LogP contribution < -0.4 is 10.1 Å². The number of aryl methyl sites for hydroxylation is 1. The SMILES string of the molecule is CCC(NC(=O)c1ccc2c(c1)nc(C)n2Cc1cccc(OC)c1)c1ccccc1. The molecule has 1 N–H and O–H groups in total. The predicted molar refractivity (Wildman–Crippen MR) is 124 cm³/mol. The number of fused-ring (bicyclic) bond motifs is 1. The molecule has 1 heterocycles. The summed E-state index contributed by atoms with van der Waals surface area (Å²) in [6, 6.07) is 23.8. The number of ether oxygens (including phenoxy) is 1. The van der Waals surface area contributed by atoms with Crippen LogP contribution in [0.15, 0.2) is 72.8 Å². The van der Waals surface area contributed by atoms with Crippen LogP contribution in [0.5, 0.6) is 5.75 Å². The van der Waals surface area contributed by atoms with Crippen LogP contribution in [0, 0.1) is 6.92 Å². The van der Waals surface area contributed by atoms with E-state index in [-0.39, 0.29) is 11.9 Å². The lowest BCUT2D eigenvalue weighted by atomic mass is 10.0. The van der Waals surface area contributed by atoms with Gasteiger partial charge in [0.15, 0.2) is 0 Å². The van der Waals surface area contributed by atoms with Gasteiger partial charge in [-0.05, 0) is 54.8 Å². The van der Waals surface area contributed by atoms with Crippen LogP contribution >= 0.6 is 0 Å². The second-order valence-electron chi connectivity index (χ2n) is 7.65. The van der Waals surface area contributed by atoms with Crippen molar-refractivity contribution in [1.82, 2.24) is 14.9 Å². The minimum Gasteiger partial charge on any atom is -0.497 e. The van der Waals surface area contributed by atoms with Gasteiger partial charge in [-0.2, -0.15) is 0 Å². The van der Waals surface area contributed by atoms with Crippen LogP contribution in [0.4, 0.5) is 0 Å². The fraction of sp³-hybridized carbons (Fsp3) is 0.231. The van der Waals surface area contributed by atoms with Crippen molar-refractivity contribution < 1.29 is 9.53 Å². The summed E-state index contributed by atoms with van der Waals surface area (Å²) in [5, 5.41) is 3.15. The van der Waals surface area contributed by atoms with Gasteiger partial charge < -0.3 is 14.6 Å². The summed E-state index contributed by atoms with van der Waals surface area (Å²) in [7, 11) is 1.67. The third-order valence-electron chi connectivity index (χ3n) is 5.59. The first-order chi connectivity index (χ1) is 15.1. The van der Waals surface area contributed by atoms with Gasteiger partial charge in [0.05, 0.1) is 24.2 Å². The number of nitrogens with zero attached hydrogens (tertiary/aromatic N) is 2. The van der Waals surface area contributed by atoms with E-state index >= 15 is 0 Å². The number of hydrogen-bond acceptors (Lipinski definition) is 3. The molecule has 0 bridgehead atoms. The molecule has 4 aromatic rings. The smallest absolute Gasteiger partial charge is 0.251 e. The molecular formula is C26H27N3O2. The molecule has 1 amide bonds. The highest BCUT2D eigenvalue weighted by atomic mass is 16.5. The summed E-state index contributed by atoms with van der Waals surface area (Å²) in [5.74, 6) is 1.66. The van der Waals surface area contributed by atoms with E-state index in [1.807, 2.05) is 73.7 Å². The van der Waals surface area contributed by atoms with Gasteiger partial charge in [-0.3, -0.25) is 4.79 Å². The van der Waals surface area contributed by atoms with Crippen LogP contribution in [0.2, 0.25) is 0 Å². The zero-order valence-electron chi connectivity index (χ0n) is 18.1. The fourth-order valence-electron chi connectivity index (χ4n) is 3.89. The molecule has 1 atom stereocenters. The molecule has 0 saturated carbocycles. The number of carbonyl (C=O) groups excluding carboxylic acids is 1. The first-order valence-electron chi connectivity index (χ1n) is 10.5. The molecule has 0 aliphatic rings. The summed E-state index contributed by atoms with van der Waals surface area (Å²) in [6.07, 6.45) is 0.826. The van der Waals surface area contributed by atoms with Gasteiger partial charge in [0.25, 0.3) is 5.91 Å². The molecule has 1 unspecified atom stereocenters. The molecule has 0 aliphatic carbocycles. The normalized spacial score (nSPS) is 12.0. The first kappa shape index (κ1) is 20.7. The van der Waals surface area contributed by atoms with Crippen molar-refractivity contribution in [3.8, 4) is 5.75 Å². The Morgan fingerprint density at radius 2 is 1.87 bits per heavy atom. The zero-order chi connectivity index (χ0) is 21.8. The number of imidazole rings is 1. The topological polar surface area (TPSA) is 56.2 Å². The van der Waals surface area contributed by atoms with Crippen LogP contribution in [-0.2, 0) is 6.54 Å². The maximum absolute atomic E-state index is 12.9. The Kier molecular flexibility index (Phi) is 6.03. The molecule has 5 heteroatoms. The van der Waals surface area contributed by atoms with Gasteiger partial charge in [-0.15, -0.1) is 0 Å². The fourth-order valence-corrected chi connectivity index (χ4v) is 3.89.